The number of esters is 1. The fourth-order valence-electron chi connectivity index (χ4n) is 2.00. The standard InChI is InChI=1S/C19H19NO5/c1-14(19(23)20-11-15-5-3-2-4-6-15)25-18(22)13-24-17-9-7-16(12-21)8-10-17/h2-10,12,14H,11,13H2,1H3,(H,20,23)/t14-/m1/s1. The molecule has 0 fully saturated rings. The average molecular weight is 341 g/mol. The Morgan fingerprint density at radius 2 is 1.76 bits per heavy atom. The number of hydrogen-bond donors (Lipinski definition) is 1. The van der Waals surface area contributed by atoms with E-state index in [4.69, 9.17) is 9.47 Å². The first-order chi connectivity index (χ1) is 12.1. The molecule has 1 amide bonds. The van der Waals surface area contributed by atoms with Crippen molar-refractivity contribution in [1.82, 2.24) is 5.32 Å². The van der Waals surface area contributed by atoms with Gasteiger partial charge in [-0.3, -0.25) is 9.59 Å². The molecule has 1 N–H and O–H groups in total. The summed E-state index contributed by atoms with van der Waals surface area (Å²) in [5.74, 6) is -0.599. The third kappa shape index (κ3) is 6.10. The van der Waals surface area contributed by atoms with E-state index >= 15 is 0 Å². The van der Waals surface area contributed by atoms with Crippen LogP contribution in [0.1, 0.15) is 22.8 Å². The summed E-state index contributed by atoms with van der Waals surface area (Å²) in [5, 5.41) is 2.70. The first-order valence-corrected chi connectivity index (χ1v) is 7.77. The van der Waals surface area contributed by atoms with Crippen LogP contribution in [-0.2, 0) is 20.9 Å². The highest BCUT2D eigenvalue weighted by Gasteiger charge is 2.17. The maximum absolute atomic E-state index is 11.9. The van der Waals surface area contributed by atoms with E-state index in [-0.39, 0.29) is 12.5 Å². The number of ether oxygens (including phenoxy) is 2. The highest BCUT2D eigenvalue weighted by molar-refractivity contribution is 5.83. The zero-order valence-corrected chi connectivity index (χ0v) is 13.8. The van der Waals surface area contributed by atoms with Crippen molar-refractivity contribution in [2.75, 3.05) is 6.61 Å². The van der Waals surface area contributed by atoms with Gasteiger partial charge in [-0.15, -0.1) is 0 Å². The van der Waals surface area contributed by atoms with Crippen LogP contribution in [0.3, 0.4) is 0 Å². The predicted molar refractivity (Wildman–Crippen MR) is 91.2 cm³/mol. The summed E-state index contributed by atoms with van der Waals surface area (Å²) in [6.45, 7) is 1.54. The second-order valence-electron chi connectivity index (χ2n) is 5.31. The minimum atomic E-state index is -0.919. The average Bonchev–Trinajstić information content (AvgIpc) is 2.65. The Kier molecular flexibility index (Phi) is 6.71. The Labute approximate surface area is 145 Å². The number of hydrogen-bond acceptors (Lipinski definition) is 5. The molecule has 1 atom stereocenters. The van der Waals surface area contributed by atoms with E-state index < -0.39 is 12.1 Å². The quantitative estimate of drug-likeness (QED) is 0.587. The fraction of sp³-hybridized carbons (Fsp3) is 0.211. The molecular weight excluding hydrogens is 322 g/mol. The zero-order valence-electron chi connectivity index (χ0n) is 13.8. The van der Waals surface area contributed by atoms with Gasteiger partial charge in [0.1, 0.15) is 12.0 Å². The molecule has 0 saturated carbocycles. The summed E-state index contributed by atoms with van der Waals surface area (Å²) in [6, 6.07) is 15.7. The summed E-state index contributed by atoms with van der Waals surface area (Å²) in [4.78, 5) is 34.2. The maximum Gasteiger partial charge on any atom is 0.344 e. The smallest absolute Gasteiger partial charge is 0.344 e. The molecule has 25 heavy (non-hydrogen) atoms. The molecule has 0 aliphatic carbocycles. The van der Waals surface area contributed by atoms with Crippen molar-refractivity contribution in [3.05, 3.63) is 65.7 Å². The highest BCUT2D eigenvalue weighted by Crippen LogP contribution is 2.11. The highest BCUT2D eigenvalue weighted by atomic mass is 16.6. The molecule has 6 nitrogen and oxygen atoms in total. The Hall–Kier alpha value is -3.15. The summed E-state index contributed by atoms with van der Waals surface area (Å²) >= 11 is 0. The lowest BCUT2D eigenvalue weighted by Crippen LogP contribution is -2.36. The second-order valence-corrected chi connectivity index (χ2v) is 5.31. The van der Waals surface area contributed by atoms with Crippen molar-refractivity contribution in [2.45, 2.75) is 19.6 Å². The van der Waals surface area contributed by atoms with Crippen LogP contribution < -0.4 is 10.1 Å². The van der Waals surface area contributed by atoms with Gasteiger partial charge in [-0.1, -0.05) is 30.3 Å². The van der Waals surface area contributed by atoms with E-state index in [1.807, 2.05) is 30.3 Å². The lowest BCUT2D eigenvalue weighted by Gasteiger charge is -2.14. The first-order valence-electron chi connectivity index (χ1n) is 7.77. The van der Waals surface area contributed by atoms with Crippen LogP contribution in [0, 0.1) is 0 Å². The molecule has 0 saturated heterocycles. The molecule has 0 radical (unpaired) electrons. The van der Waals surface area contributed by atoms with E-state index in [9.17, 15) is 14.4 Å². The normalized spacial score (nSPS) is 11.2. The minimum Gasteiger partial charge on any atom is -0.482 e. The Bertz CT molecular complexity index is 712. The van der Waals surface area contributed by atoms with Crippen LogP contribution in [0.15, 0.2) is 54.6 Å². The van der Waals surface area contributed by atoms with Crippen LogP contribution in [0.25, 0.3) is 0 Å². The van der Waals surface area contributed by atoms with Crippen molar-refractivity contribution in [3.63, 3.8) is 0 Å². The topological polar surface area (TPSA) is 81.7 Å². The van der Waals surface area contributed by atoms with E-state index in [0.29, 0.717) is 24.1 Å². The Morgan fingerprint density at radius 1 is 1.08 bits per heavy atom. The van der Waals surface area contributed by atoms with Crippen molar-refractivity contribution >= 4 is 18.2 Å². The molecule has 0 aliphatic rings. The van der Waals surface area contributed by atoms with Crippen LogP contribution in [0.2, 0.25) is 0 Å². The van der Waals surface area contributed by atoms with E-state index in [1.165, 1.54) is 6.92 Å². The van der Waals surface area contributed by atoms with Gasteiger partial charge in [0, 0.05) is 12.1 Å². The third-order valence-electron chi connectivity index (χ3n) is 3.36. The number of nitrogens with one attached hydrogen (secondary N) is 1. The zero-order chi connectivity index (χ0) is 18.1. The van der Waals surface area contributed by atoms with Crippen LogP contribution >= 0.6 is 0 Å². The lowest BCUT2D eigenvalue weighted by atomic mass is 10.2. The molecule has 0 aliphatic heterocycles. The number of benzene rings is 2. The summed E-state index contributed by atoms with van der Waals surface area (Å²) < 4.78 is 10.3. The van der Waals surface area contributed by atoms with E-state index in [0.717, 1.165) is 5.56 Å². The summed E-state index contributed by atoms with van der Waals surface area (Å²) in [5.41, 5.74) is 1.47. The van der Waals surface area contributed by atoms with Gasteiger partial charge in [-0.2, -0.15) is 0 Å². The molecule has 2 aromatic rings. The monoisotopic (exact) mass is 341 g/mol. The van der Waals surface area contributed by atoms with Gasteiger partial charge in [-0.25, -0.2) is 4.79 Å². The molecule has 2 rings (SSSR count). The van der Waals surface area contributed by atoms with Crippen molar-refractivity contribution in [3.8, 4) is 5.75 Å². The largest absolute Gasteiger partial charge is 0.482 e. The molecule has 0 heterocycles. The van der Waals surface area contributed by atoms with Crippen LogP contribution in [0.5, 0.6) is 5.75 Å². The van der Waals surface area contributed by atoms with Crippen molar-refractivity contribution < 1.29 is 23.9 Å². The van der Waals surface area contributed by atoms with Gasteiger partial charge in [0.2, 0.25) is 0 Å². The van der Waals surface area contributed by atoms with Gasteiger partial charge in [0.05, 0.1) is 0 Å². The molecule has 0 bridgehead atoms. The molecular formula is C19H19NO5. The molecule has 0 spiro atoms. The van der Waals surface area contributed by atoms with Crippen molar-refractivity contribution in [2.24, 2.45) is 0 Å². The van der Waals surface area contributed by atoms with Gasteiger partial charge in [0.25, 0.3) is 5.91 Å². The number of carbonyl (C=O) groups excluding carboxylic acids is 3. The van der Waals surface area contributed by atoms with Crippen LogP contribution in [0.4, 0.5) is 0 Å². The second kappa shape index (κ2) is 9.22. The van der Waals surface area contributed by atoms with Gasteiger partial charge in [0.15, 0.2) is 12.7 Å². The Balaban J connectivity index is 1.72. The predicted octanol–water partition coefficient (Wildman–Crippen LogP) is 2.13. The number of amides is 1. The minimum absolute atomic E-state index is 0.323. The lowest BCUT2D eigenvalue weighted by molar-refractivity contribution is -0.156. The maximum atomic E-state index is 11.9. The fourth-order valence-corrected chi connectivity index (χ4v) is 2.00. The first kappa shape index (κ1) is 18.2. The van der Waals surface area contributed by atoms with Crippen molar-refractivity contribution in [1.29, 1.82) is 0 Å². The molecule has 0 unspecified atom stereocenters. The summed E-state index contributed by atoms with van der Waals surface area (Å²) in [7, 11) is 0. The van der Waals surface area contributed by atoms with E-state index in [1.54, 1.807) is 24.3 Å². The third-order valence-corrected chi connectivity index (χ3v) is 3.36. The molecule has 6 heteroatoms. The molecule has 0 aromatic heterocycles. The van der Waals surface area contributed by atoms with Gasteiger partial charge >= 0.3 is 5.97 Å². The number of carbonyl (C=O) groups is 3. The van der Waals surface area contributed by atoms with Gasteiger partial charge < -0.3 is 14.8 Å². The van der Waals surface area contributed by atoms with Crippen LogP contribution in [-0.4, -0.2) is 30.9 Å². The van der Waals surface area contributed by atoms with E-state index in [2.05, 4.69) is 5.32 Å². The summed E-state index contributed by atoms with van der Waals surface area (Å²) in [6.07, 6.45) is -0.203. The number of rotatable bonds is 8. The van der Waals surface area contributed by atoms with Gasteiger partial charge in [-0.05, 0) is 36.8 Å². The Morgan fingerprint density at radius 3 is 2.40 bits per heavy atom. The SMILES string of the molecule is C[C@@H](OC(=O)COc1ccc(C=O)cc1)C(=O)NCc1ccccc1. The number of aldehydes is 1. The molecule has 2 aromatic carbocycles. The molecule has 130 valence electrons.